The maximum absolute atomic E-state index is 5.16. The molecule has 4 aliphatic carbocycles. The number of hydrogen-bond donors (Lipinski definition) is 1. The molecule has 1 N–H and O–H groups in total. The molecule has 4 heteroatoms. The summed E-state index contributed by atoms with van der Waals surface area (Å²) in [6, 6.07) is 0. The fourth-order valence-electron chi connectivity index (χ4n) is 5.49. The van der Waals surface area contributed by atoms with Crippen molar-refractivity contribution in [3.63, 3.8) is 0 Å². The number of aromatic nitrogens is 2. The largest absolute Gasteiger partial charge is 0.385 e. The fourth-order valence-corrected chi connectivity index (χ4v) is 5.49. The Kier molecular flexibility index (Phi) is 3.44. The van der Waals surface area contributed by atoms with E-state index < -0.39 is 0 Å². The second-order valence-corrected chi connectivity index (χ2v) is 7.61. The molecule has 4 fully saturated rings. The van der Waals surface area contributed by atoms with Crippen molar-refractivity contribution in [3.8, 4) is 0 Å². The van der Waals surface area contributed by atoms with E-state index in [1.165, 1.54) is 38.5 Å². The van der Waals surface area contributed by atoms with Crippen LogP contribution < -0.4 is 5.32 Å². The lowest BCUT2D eigenvalue weighted by molar-refractivity contribution is 0.0102. The molecular formula is C17H27N3O. The summed E-state index contributed by atoms with van der Waals surface area (Å²) in [5, 5.41) is 3.87. The summed E-state index contributed by atoms with van der Waals surface area (Å²) in [4.78, 5) is 4.58. The van der Waals surface area contributed by atoms with E-state index in [4.69, 9.17) is 4.74 Å². The highest BCUT2D eigenvalue weighted by molar-refractivity contribution is 5.33. The SMILES string of the molecule is COCCCn1ccnc1NC12CC3CC(CC(C3)C1)C2. The van der Waals surface area contributed by atoms with E-state index in [2.05, 4.69) is 21.1 Å². The van der Waals surface area contributed by atoms with Crippen LogP contribution in [0.1, 0.15) is 44.9 Å². The lowest BCUT2D eigenvalue weighted by Crippen LogP contribution is -2.55. The lowest BCUT2D eigenvalue weighted by Gasteiger charge is -2.57. The molecule has 1 aromatic heterocycles. The fraction of sp³-hybridized carbons (Fsp3) is 0.824. The number of ether oxygens (including phenoxy) is 1. The number of aryl methyl sites for hydroxylation is 1. The van der Waals surface area contributed by atoms with Gasteiger partial charge in [-0.3, -0.25) is 0 Å². The van der Waals surface area contributed by atoms with Gasteiger partial charge >= 0.3 is 0 Å². The molecule has 4 bridgehead atoms. The summed E-state index contributed by atoms with van der Waals surface area (Å²) < 4.78 is 7.42. The molecule has 4 nitrogen and oxygen atoms in total. The Hall–Kier alpha value is -1.03. The summed E-state index contributed by atoms with van der Waals surface area (Å²) in [7, 11) is 1.77. The van der Waals surface area contributed by atoms with E-state index in [1.54, 1.807) is 7.11 Å². The maximum Gasteiger partial charge on any atom is 0.203 e. The van der Waals surface area contributed by atoms with Crippen LogP contribution in [0.25, 0.3) is 0 Å². The summed E-state index contributed by atoms with van der Waals surface area (Å²) in [6.45, 7) is 1.80. The van der Waals surface area contributed by atoms with Crippen LogP contribution in [0.3, 0.4) is 0 Å². The topological polar surface area (TPSA) is 39.1 Å². The number of nitrogens with zero attached hydrogens (tertiary/aromatic N) is 2. The minimum absolute atomic E-state index is 0.346. The number of rotatable bonds is 6. The van der Waals surface area contributed by atoms with Crippen molar-refractivity contribution in [3.05, 3.63) is 12.4 Å². The van der Waals surface area contributed by atoms with E-state index in [0.29, 0.717) is 5.54 Å². The van der Waals surface area contributed by atoms with Crippen LogP contribution >= 0.6 is 0 Å². The minimum Gasteiger partial charge on any atom is -0.385 e. The first-order chi connectivity index (χ1) is 10.3. The van der Waals surface area contributed by atoms with Gasteiger partial charge in [0.25, 0.3) is 0 Å². The first-order valence-corrected chi connectivity index (χ1v) is 8.54. The Morgan fingerprint density at radius 3 is 2.52 bits per heavy atom. The first-order valence-electron chi connectivity index (χ1n) is 8.54. The van der Waals surface area contributed by atoms with Gasteiger partial charge in [0, 0.05) is 38.2 Å². The molecule has 0 saturated heterocycles. The highest BCUT2D eigenvalue weighted by atomic mass is 16.5. The normalized spacial score (nSPS) is 37.1. The number of hydrogen-bond acceptors (Lipinski definition) is 3. The summed E-state index contributed by atoms with van der Waals surface area (Å²) in [5.74, 6) is 4.00. The third-order valence-electron chi connectivity index (χ3n) is 5.88. The first kappa shape index (κ1) is 13.6. The van der Waals surface area contributed by atoms with Crippen LogP contribution in [-0.4, -0.2) is 28.8 Å². The van der Waals surface area contributed by atoms with Crippen LogP contribution in [0.15, 0.2) is 12.4 Å². The molecule has 5 rings (SSSR count). The predicted octanol–water partition coefficient (Wildman–Crippen LogP) is 3.30. The van der Waals surface area contributed by atoms with Gasteiger partial charge in [0.1, 0.15) is 0 Å². The average molecular weight is 289 g/mol. The molecule has 116 valence electrons. The molecule has 4 saturated carbocycles. The molecule has 0 aliphatic heterocycles. The molecular weight excluding hydrogens is 262 g/mol. The van der Waals surface area contributed by atoms with Crippen molar-refractivity contribution < 1.29 is 4.74 Å². The minimum atomic E-state index is 0.346. The van der Waals surface area contributed by atoms with Gasteiger partial charge in [-0.1, -0.05) is 0 Å². The number of methoxy groups -OCH3 is 1. The average Bonchev–Trinajstić information content (AvgIpc) is 2.84. The maximum atomic E-state index is 5.16. The van der Waals surface area contributed by atoms with Crippen molar-refractivity contribution in [2.45, 2.75) is 57.0 Å². The van der Waals surface area contributed by atoms with Crippen LogP contribution in [0, 0.1) is 17.8 Å². The van der Waals surface area contributed by atoms with Crippen molar-refractivity contribution >= 4 is 5.95 Å². The third kappa shape index (κ3) is 2.59. The summed E-state index contributed by atoms with van der Waals surface area (Å²) in [6.07, 6.45) is 13.6. The van der Waals surface area contributed by atoms with Gasteiger partial charge in [0.15, 0.2) is 0 Å². The summed E-state index contributed by atoms with van der Waals surface area (Å²) in [5.41, 5.74) is 0.346. The predicted molar refractivity (Wildman–Crippen MR) is 83.2 cm³/mol. The quantitative estimate of drug-likeness (QED) is 0.817. The van der Waals surface area contributed by atoms with E-state index in [-0.39, 0.29) is 0 Å². The number of nitrogens with one attached hydrogen (secondary N) is 1. The number of anilines is 1. The molecule has 0 atom stereocenters. The van der Waals surface area contributed by atoms with Gasteiger partial charge in [-0.25, -0.2) is 4.98 Å². The Balaban J connectivity index is 1.47. The Morgan fingerprint density at radius 2 is 1.90 bits per heavy atom. The Bertz CT molecular complexity index is 461. The Morgan fingerprint density at radius 1 is 1.24 bits per heavy atom. The van der Waals surface area contributed by atoms with E-state index >= 15 is 0 Å². The van der Waals surface area contributed by atoms with Crippen LogP contribution in [0.4, 0.5) is 5.95 Å². The molecule has 0 spiro atoms. The smallest absolute Gasteiger partial charge is 0.203 e. The van der Waals surface area contributed by atoms with E-state index in [0.717, 1.165) is 43.3 Å². The molecule has 21 heavy (non-hydrogen) atoms. The van der Waals surface area contributed by atoms with Crippen molar-refractivity contribution in [2.24, 2.45) is 17.8 Å². The molecule has 4 aliphatic rings. The van der Waals surface area contributed by atoms with E-state index in [9.17, 15) is 0 Å². The van der Waals surface area contributed by atoms with Crippen molar-refractivity contribution in [1.82, 2.24) is 9.55 Å². The molecule has 0 amide bonds. The summed E-state index contributed by atoms with van der Waals surface area (Å²) >= 11 is 0. The van der Waals surface area contributed by atoms with Gasteiger partial charge < -0.3 is 14.6 Å². The zero-order valence-corrected chi connectivity index (χ0v) is 13.1. The van der Waals surface area contributed by atoms with E-state index in [1.807, 2.05) is 6.20 Å². The van der Waals surface area contributed by atoms with Gasteiger partial charge in [-0.2, -0.15) is 0 Å². The zero-order valence-electron chi connectivity index (χ0n) is 13.1. The van der Waals surface area contributed by atoms with Gasteiger partial charge in [0.2, 0.25) is 5.95 Å². The third-order valence-corrected chi connectivity index (χ3v) is 5.88. The van der Waals surface area contributed by atoms with Gasteiger partial charge in [-0.05, 0) is 62.7 Å². The molecule has 0 radical (unpaired) electrons. The van der Waals surface area contributed by atoms with Crippen LogP contribution in [0.2, 0.25) is 0 Å². The standard InChI is InChI=1S/C17H27N3O/c1-21-6-2-4-20-5-3-18-16(20)19-17-10-13-7-14(11-17)9-15(8-13)12-17/h3,5,13-15H,2,4,6-12H2,1H3,(H,18,19). The second kappa shape index (κ2) is 5.31. The number of imidazole rings is 1. The van der Waals surface area contributed by atoms with Crippen molar-refractivity contribution in [2.75, 3.05) is 19.0 Å². The van der Waals surface area contributed by atoms with Gasteiger partial charge in [-0.15, -0.1) is 0 Å². The highest BCUT2D eigenvalue weighted by Gasteiger charge is 2.51. The molecule has 1 heterocycles. The van der Waals surface area contributed by atoms with Crippen LogP contribution in [-0.2, 0) is 11.3 Å². The molecule has 0 aromatic carbocycles. The van der Waals surface area contributed by atoms with Crippen molar-refractivity contribution in [1.29, 1.82) is 0 Å². The van der Waals surface area contributed by atoms with Gasteiger partial charge in [0.05, 0.1) is 0 Å². The molecule has 0 unspecified atom stereocenters. The lowest BCUT2D eigenvalue weighted by atomic mass is 9.53. The zero-order chi connectivity index (χ0) is 14.3. The second-order valence-electron chi connectivity index (χ2n) is 7.61. The molecule has 1 aromatic rings. The highest BCUT2D eigenvalue weighted by Crippen LogP contribution is 2.56. The van der Waals surface area contributed by atoms with Crippen LogP contribution in [0.5, 0.6) is 0 Å². The monoisotopic (exact) mass is 289 g/mol. The Labute approximate surface area is 127 Å².